The van der Waals surface area contributed by atoms with Crippen molar-refractivity contribution in [3.63, 3.8) is 0 Å². The Morgan fingerprint density at radius 1 is 0.778 bits per heavy atom. The SMILES string of the molecule is Oc1ccc2ccccc2c1C=Nc1ccc(CSc2ccccc2)cc1. The van der Waals surface area contributed by atoms with Gasteiger partial charge in [-0.25, -0.2) is 0 Å². The second kappa shape index (κ2) is 8.11. The molecule has 0 amide bonds. The Bertz CT molecular complexity index is 1070. The molecule has 0 spiro atoms. The molecular weight excluding hydrogens is 350 g/mol. The van der Waals surface area contributed by atoms with Crippen molar-refractivity contribution in [2.24, 2.45) is 4.99 Å². The van der Waals surface area contributed by atoms with Gasteiger partial charge in [-0.05, 0) is 46.7 Å². The summed E-state index contributed by atoms with van der Waals surface area (Å²) in [6.45, 7) is 0. The molecule has 4 aromatic carbocycles. The lowest BCUT2D eigenvalue weighted by Crippen LogP contribution is -1.86. The van der Waals surface area contributed by atoms with Crippen LogP contribution in [0.3, 0.4) is 0 Å². The molecule has 0 bridgehead atoms. The van der Waals surface area contributed by atoms with Gasteiger partial charge < -0.3 is 5.11 Å². The maximum Gasteiger partial charge on any atom is 0.124 e. The van der Waals surface area contributed by atoms with Crippen molar-refractivity contribution >= 4 is 34.4 Å². The molecule has 0 saturated carbocycles. The zero-order valence-electron chi connectivity index (χ0n) is 14.7. The second-order valence-electron chi connectivity index (χ2n) is 6.25. The number of phenols is 1. The Morgan fingerprint density at radius 3 is 2.33 bits per heavy atom. The first-order chi connectivity index (χ1) is 13.3. The summed E-state index contributed by atoms with van der Waals surface area (Å²) >= 11 is 1.82. The van der Waals surface area contributed by atoms with Gasteiger partial charge in [0.15, 0.2) is 0 Å². The number of rotatable bonds is 5. The molecule has 0 fully saturated rings. The van der Waals surface area contributed by atoms with E-state index in [1.807, 2.05) is 60.3 Å². The number of phenolic OH excluding ortho intramolecular Hbond substituents is 1. The van der Waals surface area contributed by atoms with Crippen LogP contribution >= 0.6 is 11.8 Å². The molecule has 0 heterocycles. The molecule has 27 heavy (non-hydrogen) atoms. The zero-order chi connectivity index (χ0) is 18.5. The van der Waals surface area contributed by atoms with Crippen molar-refractivity contribution in [2.75, 3.05) is 0 Å². The van der Waals surface area contributed by atoms with Crippen LogP contribution in [0.1, 0.15) is 11.1 Å². The number of aliphatic imine (C=N–C) groups is 1. The molecule has 0 atom stereocenters. The molecule has 0 aliphatic heterocycles. The predicted octanol–water partition coefficient (Wildman–Crippen LogP) is 6.59. The number of fused-ring (bicyclic) bond motifs is 1. The Hall–Kier alpha value is -3.04. The largest absolute Gasteiger partial charge is 0.507 e. The van der Waals surface area contributed by atoms with Crippen LogP contribution in [0.5, 0.6) is 5.75 Å². The molecule has 132 valence electrons. The fourth-order valence-corrected chi connectivity index (χ4v) is 3.80. The van der Waals surface area contributed by atoms with Gasteiger partial charge in [-0.1, -0.05) is 60.7 Å². The average molecular weight is 369 g/mol. The van der Waals surface area contributed by atoms with Gasteiger partial charge in [-0.2, -0.15) is 0 Å². The highest BCUT2D eigenvalue weighted by molar-refractivity contribution is 7.98. The van der Waals surface area contributed by atoms with Crippen LogP contribution in [0.2, 0.25) is 0 Å². The highest BCUT2D eigenvalue weighted by atomic mass is 32.2. The highest BCUT2D eigenvalue weighted by Gasteiger charge is 2.04. The van der Waals surface area contributed by atoms with E-state index in [9.17, 15) is 5.11 Å². The maximum absolute atomic E-state index is 10.2. The Labute approximate surface area is 163 Å². The second-order valence-corrected chi connectivity index (χ2v) is 7.29. The molecule has 0 unspecified atom stereocenters. The summed E-state index contributed by atoms with van der Waals surface area (Å²) in [7, 11) is 0. The number of hydrogen-bond acceptors (Lipinski definition) is 3. The van der Waals surface area contributed by atoms with E-state index in [0.717, 1.165) is 27.8 Å². The van der Waals surface area contributed by atoms with Crippen LogP contribution < -0.4 is 0 Å². The average Bonchev–Trinajstić information content (AvgIpc) is 2.73. The normalized spacial score (nSPS) is 11.3. The molecule has 0 radical (unpaired) electrons. The molecule has 2 nitrogen and oxygen atoms in total. The monoisotopic (exact) mass is 369 g/mol. The minimum atomic E-state index is 0.244. The van der Waals surface area contributed by atoms with Gasteiger partial charge in [0.1, 0.15) is 5.75 Å². The minimum Gasteiger partial charge on any atom is -0.507 e. The number of thioether (sulfide) groups is 1. The van der Waals surface area contributed by atoms with E-state index in [-0.39, 0.29) is 5.75 Å². The Kier molecular flexibility index (Phi) is 5.22. The first-order valence-corrected chi connectivity index (χ1v) is 9.80. The molecule has 0 saturated heterocycles. The van der Waals surface area contributed by atoms with Crippen molar-refractivity contribution in [3.05, 3.63) is 102 Å². The number of aromatic hydroxyl groups is 1. The van der Waals surface area contributed by atoms with Gasteiger partial charge >= 0.3 is 0 Å². The van der Waals surface area contributed by atoms with E-state index >= 15 is 0 Å². The van der Waals surface area contributed by atoms with Crippen molar-refractivity contribution in [1.29, 1.82) is 0 Å². The molecule has 0 aliphatic carbocycles. The lowest BCUT2D eigenvalue weighted by molar-refractivity contribution is 0.475. The lowest BCUT2D eigenvalue weighted by Gasteiger charge is -2.05. The van der Waals surface area contributed by atoms with Crippen LogP contribution in [0.15, 0.2) is 101 Å². The van der Waals surface area contributed by atoms with Crippen LogP contribution in [-0.2, 0) is 5.75 Å². The van der Waals surface area contributed by atoms with E-state index < -0.39 is 0 Å². The summed E-state index contributed by atoms with van der Waals surface area (Å²) in [6.07, 6.45) is 1.74. The van der Waals surface area contributed by atoms with Gasteiger partial charge in [0.2, 0.25) is 0 Å². The summed E-state index contributed by atoms with van der Waals surface area (Å²) in [5, 5.41) is 12.3. The van der Waals surface area contributed by atoms with Gasteiger partial charge in [0.05, 0.1) is 5.69 Å². The quantitative estimate of drug-likeness (QED) is 0.318. The van der Waals surface area contributed by atoms with Crippen molar-refractivity contribution in [1.82, 2.24) is 0 Å². The Balaban J connectivity index is 1.49. The van der Waals surface area contributed by atoms with Gasteiger partial charge in [0.25, 0.3) is 0 Å². The minimum absolute atomic E-state index is 0.244. The van der Waals surface area contributed by atoms with Crippen molar-refractivity contribution in [3.8, 4) is 5.75 Å². The first-order valence-electron chi connectivity index (χ1n) is 8.81. The predicted molar refractivity (Wildman–Crippen MR) is 115 cm³/mol. The van der Waals surface area contributed by atoms with Crippen LogP contribution in [0.4, 0.5) is 5.69 Å². The third kappa shape index (κ3) is 4.21. The first kappa shape index (κ1) is 17.4. The molecule has 0 aliphatic rings. The molecule has 0 aromatic heterocycles. The summed E-state index contributed by atoms with van der Waals surface area (Å²) in [6, 6.07) is 30.3. The Morgan fingerprint density at radius 2 is 1.52 bits per heavy atom. The van der Waals surface area contributed by atoms with Crippen LogP contribution in [0.25, 0.3) is 10.8 Å². The summed E-state index contributed by atoms with van der Waals surface area (Å²) in [4.78, 5) is 5.82. The molecule has 1 N–H and O–H groups in total. The van der Waals surface area contributed by atoms with E-state index in [2.05, 4.69) is 41.4 Å². The van der Waals surface area contributed by atoms with Crippen molar-refractivity contribution < 1.29 is 5.11 Å². The van der Waals surface area contributed by atoms with E-state index in [1.54, 1.807) is 12.3 Å². The van der Waals surface area contributed by atoms with Gasteiger partial charge in [0, 0.05) is 22.4 Å². The van der Waals surface area contributed by atoms with Gasteiger partial charge in [-0.15, -0.1) is 11.8 Å². The molecule has 4 rings (SSSR count). The van der Waals surface area contributed by atoms with E-state index in [4.69, 9.17) is 0 Å². The zero-order valence-corrected chi connectivity index (χ0v) is 15.6. The number of benzene rings is 4. The topological polar surface area (TPSA) is 32.6 Å². The molecule has 3 heteroatoms. The van der Waals surface area contributed by atoms with Crippen molar-refractivity contribution in [2.45, 2.75) is 10.6 Å². The summed E-state index contributed by atoms with van der Waals surface area (Å²) in [5.41, 5.74) is 2.88. The van der Waals surface area contributed by atoms with Gasteiger partial charge in [-0.3, -0.25) is 4.99 Å². The van der Waals surface area contributed by atoms with E-state index in [1.165, 1.54) is 10.5 Å². The maximum atomic E-state index is 10.2. The molecule has 4 aromatic rings. The fourth-order valence-electron chi connectivity index (χ4n) is 2.92. The fraction of sp³-hybridized carbons (Fsp3) is 0.0417. The smallest absolute Gasteiger partial charge is 0.124 e. The molecular formula is C24H19NOS. The third-order valence-corrected chi connectivity index (χ3v) is 5.46. The number of hydrogen-bond donors (Lipinski definition) is 1. The van der Waals surface area contributed by atoms with E-state index in [0.29, 0.717) is 0 Å². The lowest BCUT2D eigenvalue weighted by atomic mass is 10.0. The van der Waals surface area contributed by atoms with Crippen LogP contribution in [0, 0.1) is 0 Å². The highest BCUT2D eigenvalue weighted by Crippen LogP contribution is 2.27. The third-order valence-electron chi connectivity index (χ3n) is 4.38. The van der Waals surface area contributed by atoms with Crippen LogP contribution in [-0.4, -0.2) is 11.3 Å². The summed E-state index contributed by atoms with van der Waals surface area (Å²) < 4.78 is 0. The summed E-state index contributed by atoms with van der Waals surface area (Å²) in [5.74, 6) is 1.17. The standard InChI is InChI=1S/C24H19NOS/c26-24-15-12-19-6-4-5-9-22(19)23(24)16-25-20-13-10-18(11-14-20)17-27-21-7-2-1-3-8-21/h1-16,26H,17H2. The number of nitrogens with zero attached hydrogens (tertiary/aromatic N) is 1.